The van der Waals surface area contributed by atoms with Crippen molar-refractivity contribution >= 4 is 22.9 Å². The first-order valence-corrected chi connectivity index (χ1v) is 7.18. The third kappa shape index (κ3) is 2.18. The van der Waals surface area contributed by atoms with E-state index in [0.717, 1.165) is 25.1 Å². The minimum Gasteiger partial charge on any atom is -0.312 e. The van der Waals surface area contributed by atoms with Gasteiger partial charge < -0.3 is 4.90 Å². The predicted molar refractivity (Wildman–Crippen MR) is 75.1 cm³/mol. The lowest BCUT2D eigenvalue weighted by molar-refractivity contribution is -0.118. The number of para-hydroxylation sites is 1. The zero-order chi connectivity index (χ0) is 12.4. The third-order valence-electron chi connectivity index (χ3n) is 3.40. The molecule has 3 rings (SSSR count). The van der Waals surface area contributed by atoms with Crippen LogP contribution in [0, 0.1) is 0 Å². The summed E-state index contributed by atoms with van der Waals surface area (Å²) in [5, 5.41) is 4.18. The van der Waals surface area contributed by atoms with Gasteiger partial charge in [0.25, 0.3) is 0 Å². The van der Waals surface area contributed by atoms with Crippen LogP contribution in [0.4, 0.5) is 5.69 Å². The Kier molecular flexibility index (Phi) is 3.15. The topological polar surface area (TPSA) is 20.3 Å². The van der Waals surface area contributed by atoms with Gasteiger partial charge in [-0.2, -0.15) is 11.3 Å². The van der Waals surface area contributed by atoms with Crippen LogP contribution in [0.5, 0.6) is 0 Å². The second-order valence-corrected chi connectivity index (χ2v) is 5.34. The number of benzene rings is 1. The van der Waals surface area contributed by atoms with E-state index in [0.29, 0.717) is 6.42 Å². The molecule has 0 spiro atoms. The molecule has 3 heteroatoms. The van der Waals surface area contributed by atoms with Crippen molar-refractivity contribution in [3.05, 3.63) is 52.2 Å². The van der Waals surface area contributed by atoms with Crippen molar-refractivity contribution in [1.29, 1.82) is 0 Å². The number of anilines is 1. The fraction of sp³-hybridized carbons (Fsp3) is 0.267. The Balaban J connectivity index is 1.67. The Morgan fingerprint density at radius 2 is 2.17 bits per heavy atom. The van der Waals surface area contributed by atoms with Crippen molar-refractivity contribution < 1.29 is 4.79 Å². The number of hydrogen-bond donors (Lipinski definition) is 0. The summed E-state index contributed by atoms with van der Waals surface area (Å²) >= 11 is 1.69. The fourth-order valence-corrected chi connectivity index (χ4v) is 3.12. The first-order chi connectivity index (χ1) is 8.84. The van der Waals surface area contributed by atoms with Gasteiger partial charge in [0.05, 0.1) is 0 Å². The number of hydrogen-bond acceptors (Lipinski definition) is 2. The first kappa shape index (κ1) is 11.5. The summed E-state index contributed by atoms with van der Waals surface area (Å²) in [7, 11) is 0. The molecule has 1 aliphatic heterocycles. The van der Waals surface area contributed by atoms with Crippen LogP contribution in [0.25, 0.3) is 0 Å². The van der Waals surface area contributed by atoms with E-state index < -0.39 is 0 Å². The highest BCUT2D eigenvalue weighted by Gasteiger charge is 2.23. The molecule has 2 heterocycles. The molecule has 2 nitrogen and oxygen atoms in total. The maximum atomic E-state index is 12.2. The van der Waals surface area contributed by atoms with E-state index in [9.17, 15) is 4.79 Å². The molecule has 0 aliphatic carbocycles. The molecule has 0 saturated heterocycles. The summed E-state index contributed by atoms with van der Waals surface area (Å²) in [5.74, 6) is 0.242. The normalized spacial score (nSPS) is 13.7. The van der Waals surface area contributed by atoms with E-state index in [2.05, 4.69) is 22.9 Å². The minimum absolute atomic E-state index is 0.242. The average molecular weight is 257 g/mol. The summed E-state index contributed by atoms with van der Waals surface area (Å²) in [5.41, 5.74) is 3.66. The standard InChI is InChI=1S/C15H15NOS/c17-15(6-5-12-8-10-18-11-12)16-9-7-13-3-1-2-4-14(13)16/h1-4,8,10-11H,5-7,9H2. The van der Waals surface area contributed by atoms with Crippen LogP contribution in [0.3, 0.4) is 0 Å². The monoisotopic (exact) mass is 257 g/mol. The van der Waals surface area contributed by atoms with Crippen LogP contribution in [0.2, 0.25) is 0 Å². The number of aryl methyl sites for hydroxylation is 1. The minimum atomic E-state index is 0.242. The van der Waals surface area contributed by atoms with Crippen LogP contribution < -0.4 is 4.90 Å². The van der Waals surface area contributed by atoms with Gasteiger partial charge in [-0.25, -0.2) is 0 Å². The van der Waals surface area contributed by atoms with Gasteiger partial charge >= 0.3 is 0 Å². The van der Waals surface area contributed by atoms with Crippen molar-refractivity contribution in [3.8, 4) is 0 Å². The molecule has 1 aromatic carbocycles. The number of thiophene rings is 1. The second kappa shape index (κ2) is 4.94. The first-order valence-electron chi connectivity index (χ1n) is 6.24. The molecule has 18 heavy (non-hydrogen) atoms. The lowest BCUT2D eigenvalue weighted by atomic mass is 10.1. The molecule has 0 N–H and O–H groups in total. The van der Waals surface area contributed by atoms with Crippen LogP contribution >= 0.6 is 11.3 Å². The van der Waals surface area contributed by atoms with Crippen molar-refractivity contribution in [2.24, 2.45) is 0 Å². The molecule has 1 aliphatic rings. The van der Waals surface area contributed by atoms with Crippen LogP contribution in [0.1, 0.15) is 17.5 Å². The highest BCUT2D eigenvalue weighted by atomic mass is 32.1. The van der Waals surface area contributed by atoms with Crippen molar-refractivity contribution in [3.63, 3.8) is 0 Å². The van der Waals surface area contributed by atoms with E-state index >= 15 is 0 Å². The molecule has 92 valence electrons. The molecule has 0 unspecified atom stereocenters. The second-order valence-electron chi connectivity index (χ2n) is 4.56. The number of rotatable bonds is 3. The fourth-order valence-electron chi connectivity index (χ4n) is 2.42. The van der Waals surface area contributed by atoms with Gasteiger partial charge in [-0.05, 0) is 46.9 Å². The number of carbonyl (C=O) groups excluding carboxylic acids is 1. The zero-order valence-corrected chi connectivity index (χ0v) is 11.0. The van der Waals surface area contributed by atoms with Gasteiger partial charge in [0.1, 0.15) is 0 Å². The van der Waals surface area contributed by atoms with E-state index in [-0.39, 0.29) is 5.91 Å². The summed E-state index contributed by atoms with van der Waals surface area (Å²) < 4.78 is 0. The Morgan fingerprint density at radius 1 is 1.28 bits per heavy atom. The van der Waals surface area contributed by atoms with Gasteiger partial charge in [-0.1, -0.05) is 18.2 Å². The Bertz CT molecular complexity index is 547. The lowest BCUT2D eigenvalue weighted by Crippen LogP contribution is -2.28. The van der Waals surface area contributed by atoms with Crippen LogP contribution in [0.15, 0.2) is 41.1 Å². The zero-order valence-electron chi connectivity index (χ0n) is 10.1. The van der Waals surface area contributed by atoms with Gasteiger partial charge in [0, 0.05) is 18.7 Å². The molecule has 0 radical (unpaired) electrons. The molecule has 1 aromatic heterocycles. The third-order valence-corrected chi connectivity index (χ3v) is 4.13. The quantitative estimate of drug-likeness (QED) is 0.826. The highest BCUT2D eigenvalue weighted by molar-refractivity contribution is 7.07. The number of nitrogens with zero attached hydrogens (tertiary/aromatic N) is 1. The maximum absolute atomic E-state index is 12.2. The largest absolute Gasteiger partial charge is 0.312 e. The summed E-state index contributed by atoms with van der Waals surface area (Å²) in [6.07, 6.45) is 2.44. The number of amides is 1. The molecule has 0 fully saturated rings. The van der Waals surface area contributed by atoms with Crippen LogP contribution in [-0.4, -0.2) is 12.5 Å². The maximum Gasteiger partial charge on any atom is 0.227 e. The molecule has 0 bridgehead atoms. The summed E-state index contributed by atoms with van der Waals surface area (Å²) in [6, 6.07) is 10.3. The molecule has 0 saturated carbocycles. The molecular formula is C15H15NOS. The molecule has 1 amide bonds. The van der Waals surface area contributed by atoms with Crippen molar-refractivity contribution in [1.82, 2.24) is 0 Å². The summed E-state index contributed by atoms with van der Waals surface area (Å²) in [6.45, 7) is 0.835. The Morgan fingerprint density at radius 3 is 3.00 bits per heavy atom. The van der Waals surface area contributed by atoms with Gasteiger partial charge in [-0.15, -0.1) is 0 Å². The number of fused-ring (bicyclic) bond motifs is 1. The molecular weight excluding hydrogens is 242 g/mol. The van der Waals surface area contributed by atoms with E-state index in [1.54, 1.807) is 11.3 Å². The lowest BCUT2D eigenvalue weighted by Gasteiger charge is -2.17. The SMILES string of the molecule is O=C(CCc1ccsc1)N1CCc2ccccc21. The number of carbonyl (C=O) groups is 1. The van der Waals surface area contributed by atoms with Gasteiger partial charge in [0.2, 0.25) is 5.91 Å². The predicted octanol–water partition coefficient (Wildman–Crippen LogP) is 3.27. The molecule has 0 atom stereocenters. The Labute approximate surface area is 111 Å². The smallest absolute Gasteiger partial charge is 0.227 e. The Hall–Kier alpha value is -1.61. The average Bonchev–Trinajstić information content (AvgIpc) is 3.05. The molecule has 2 aromatic rings. The van der Waals surface area contributed by atoms with Crippen LogP contribution in [-0.2, 0) is 17.6 Å². The van der Waals surface area contributed by atoms with E-state index in [1.165, 1.54) is 11.1 Å². The van der Waals surface area contributed by atoms with Crippen molar-refractivity contribution in [2.75, 3.05) is 11.4 Å². The highest BCUT2D eigenvalue weighted by Crippen LogP contribution is 2.28. The van der Waals surface area contributed by atoms with Gasteiger partial charge in [0.15, 0.2) is 0 Å². The van der Waals surface area contributed by atoms with Gasteiger partial charge in [-0.3, -0.25) is 4.79 Å². The van der Waals surface area contributed by atoms with Crippen molar-refractivity contribution in [2.45, 2.75) is 19.3 Å². The summed E-state index contributed by atoms with van der Waals surface area (Å²) in [4.78, 5) is 14.2. The van der Waals surface area contributed by atoms with E-state index in [4.69, 9.17) is 0 Å². The van der Waals surface area contributed by atoms with E-state index in [1.807, 2.05) is 23.1 Å².